The van der Waals surface area contributed by atoms with E-state index >= 15 is 4.39 Å². The number of aliphatic carboxylic acids is 1. The number of hydrogen-bond acceptors (Lipinski definition) is 9. The van der Waals surface area contributed by atoms with Gasteiger partial charge in [0.2, 0.25) is 23.6 Å². The van der Waals surface area contributed by atoms with E-state index in [1.54, 1.807) is 24.6 Å². The van der Waals surface area contributed by atoms with Crippen LogP contribution >= 0.6 is 15.9 Å². The normalized spacial score (nSPS) is 14.0. The average Bonchev–Trinajstić information content (AvgIpc) is 3.62. The van der Waals surface area contributed by atoms with Crippen molar-refractivity contribution < 1.29 is 47.8 Å². The molecule has 3 aromatic rings. The maximum atomic E-state index is 15.0. The number of unbranched alkanes of at least 4 members (excludes halogenated alkanes) is 1. The first-order valence-corrected chi connectivity index (χ1v) is 21.7. The first kappa shape index (κ1) is 51.3. The molecule has 1 heterocycles. The fraction of sp³-hybridized carbons (Fsp3) is 0.523. The van der Waals surface area contributed by atoms with Crippen LogP contribution in [0.5, 0.6) is 0 Å². The number of aliphatic hydroxyl groups excluding tert-OH is 1. The number of benzene rings is 2. The lowest BCUT2D eigenvalue weighted by Crippen LogP contribution is -2.48. The monoisotopic (exact) mass is 931 g/mol. The number of Topliss-reactive ketones (excluding diaryl/α,β-unsaturated/α-hetero) is 1. The Labute approximate surface area is 369 Å². The quantitative estimate of drug-likeness (QED) is 0.0545. The molecule has 7 N–H and O–H groups in total. The molecule has 0 aliphatic heterocycles. The smallest absolute Gasteiger partial charge is 0.326 e. The lowest BCUT2D eigenvalue weighted by Gasteiger charge is -2.40. The zero-order valence-electron chi connectivity index (χ0n) is 36.1. The summed E-state index contributed by atoms with van der Waals surface area (Å²) >= 11 is 3.05. The lowest BCUT2D eigenvalue weighted by atomic mass is 9.84. The van der Waals surface area contributed by atoms with Gasteiger partial charge in [0, 0.05) is 43.7 Å². The third kappa shape index (κ3) is 15.1. The first-order chi connectivity index (χ1) is 29.2. The summed E-state index contributed by atoms with van der Waals surface area (Å²) in [4.78, 5) is 82.4. The molecule has 0 saturated carbocycles. The highest BCUT2D eigenvalue weighted by Gasteiger charge is 2.39. The molecular formula is C44H60BrF2N7O8. The number of imidazole rings is 1. The van der Waals surface area contributed by atoms with Crippen molar-refractivity contribution in [1.82, 2.24) is 30.4 Å². The summed E-state index contributed by atoms with van der Waals surface area (Å²) in [5.74, 6) is -5.87. The molecule has 340 valence electrons. The third-order valence-electron chi connectivity index (χ3n) is 10.3. The van der Waals surface area contributed by atoms with E-state index in [2.05, 4.69) is 31.9 Å². The molecule has 0 spiro atoms. The van der Waals surface area contributed by atoms with E-state index in [9.17, 15) is 43.4 Å². The van der Waals surface area contributed by atoms with Crippen molar-refractivity contribution in [3.8, 4) is 11.3 Å². The highest BCUT2D eigenvalue weighted by molar-refractivity contribution is 9.09. The topological polar surface area (TPSA) is 226 Å². The number of carboxylic acid groups (broad SMARTS) is 1. The number of nitrogens with zero attached hydrogens (tertiary/aromatic N) is 3. The maximum absolute atomic E-state index is 15.0. The van der Waals surface area contributed by atoms with Crippen LogP contribution in [0.3, 0.4) is 0 Å². The van der Waals surface area contributed by atoms with E-state index < -0.39 is 77.4 Å². The van der Waals surface area contributed by atoms with Crippen LogP contribution in [0, 0.1) is 28.9 Å². The number of alkyl halides is 1. The summed E-state index contributed by atoms with van der Waals surface area (Å²) in [6.07, 6.45) is 2.06. The van der Waals surface area contributed by atoms with Crippen LogP contribution < -0.4 is 21.7 Å². The fourth-order valence-electron chi connectivity index (χ4n) is 7.01. The second kappa shape index (κ2) is 24.0. The van der Waals surface area contributed by atoms with E-state index in [0.717, 1.165) is 23.8 Å². The van der Waals surface area contributed by atoms with E-state index in [-0.39, 0.29) is 73.1 Å². The molecular weight excluding hydrogens is 872 g/mol. The van der Waals surface area contributed by atoms with E-state index in [0.29, 0.717) is 18.7 Å². The van der Waals surface area contributed by atoms with Crippen LogP contribution in [0.2, 0.25) is 0 Å². The minimum Gasteiger partial charge on any atom is -0.480 e. The number of aliphatic hydroxyl groups is 1. The molecule has 0 aliphatic rings. The van der Waals surface area contributed by atoms with Crippen molar-refractivity contribution in [2.24, 2.45) is 23.0 Å². The van der Waals surface area contributed by atoms with E-state index in [1.807, 2.05) is 51.1 Å². The van der Waals surface area contributed by atoms with Crippen molar-refractivity contribution in [3.05, 3.63) is 77.8 Å². The average molecular weight is 933 g/mol. The Morgan fingerprint density at radius 3 is 2.23 bits per heavy atom. The number of hydrogen-bond donors (Lipinski definition) is 6. The van der Waals surface area contributed by atoms with Gasteiger partial charge >= 0.3 is 5.97 Å². The van der Waals surface area contributed by atoms with Crippen molar-refractivity contribution >= 4 is 51.3 Å². The molecule has 4 amide bonds. The number of rotatable bonds is 24. The second-order valence-corrected chi connectivity index (χ2v) is 17.4. The minimum absolute atomic E-state index is 0.0133. The Hall–Kier alpha value is -5.07. The van der Waals surface area contributed by atoms with Gasteiger partial charge < -0.3 is 41.4 Å². The third-order valence-corrected chi connectivity index (χ3v) is 10.8. The number of carbonyl (C=O) groups is 6. The number of carboxylic acids is 1. The molecule has 0 radical (unpaired) electrons. The first-order valence-electron chi connectivity index (χ1n) is 20.6. The second-order valence-electron chi connectivity index (χ2n) is 16.8. The van der Waals surface area contributed by atoms with Crippen LogP contribution in [0.25, 0.3) is 11.3 Å². The van der Waals surface area contributed by atoms with Crippen molar-refractivity contribution in [2.45, 2.75) is 104 Å². The van der Waals surface area contributed by atoms with Gasteiger partial charge in [-0.2, -0.15) is 0 Å². The molecule has 2 aromatic carbocycles. The molecule has 3 rings (SSSR count). The van der Waals surface area contributed by atoms with Gasteiger partial charge in [-0.25, -0.2) is 18.6 Å². The van der Waals surface area contributed by atoms with Gasteiger partial charge in [0.25, 0.3) is 0 Å². The Balaban J connectivity index is 1.66. The summed E-state index contributed by atoms with van der Waals surface area (Å²) in [5.41, 5.74) is 6.51. The summed E-state index contributed by atoms with van der Waals surface area (Å²) in [5, 5.41) is 27.7. The molecule has 0 aliphatic carbocycles. The number of carbonyl (C=O) groups excluding carboxylic acids is 5. The summed E-state index contributed by atoms with van der Waals surface area (Å²) in [6, 6.07) is 8.45. The minimum atomic E-state index is -1.26. The summed E-state index contributed by atoms with van der Waals surface area (Å²) < 4.78 is 31.1. The number of nitrogens with one attached hydrogen (secondary N) is 3. The van der Waals surface area contributed by atoms with Crippen LogP contribution in [0.4, 0.5) is 8.78 Å². The highest BCUT2D eigenvalue weighted by Crippen LogP contribution is 2.39. The van der Waals surface area contributed by atoms with Gasteiger partial charge in [0.05, 0.1) is 29.1 Å². The van der Waals surface area contributed by atoms with Crippen LogP contribution in [-0.4, -0.2) is 103 Å². The number of nitrogens with two attached hydrogens (primary N) is 1. The number of ketones is 1. The van der Waals surface area contributed by atoms with E-state index in [1.165, 1.54) is 11.8 Å². The maximum Gasteiger partial charge on any atom is 0.326 e. The number of halogens is 3. The summed E-state index contributed by atoms with van der Waals surface area (Å²) in [6.45, 7) is 10.1. The molecule has 0 saturated heterocycles. The van der Waals surface area contributed by atoms with Crippen LogP contribution in [0.15, 0.2) is 54.7 Å². The van der Waals surface area contributed by atoms with Crippen LogP contribution in [0.1, 0.15) is 91.1 Å². The molecule has 18 heteroatoms. The number of amides is 4. The zero-order valence-corrected chi connectivity index (χ0v) is 37.7. The number of aromatic nitrogens is 2. The molecule has 1 aromatic heterocycles. The Morgan fingerprint density at radius 2 is 1.63 bits per heavy atom. The highest BCUT2D eigenvalue weighted by atomic mass is 79.9. The van der Waals surface area contributed by atoms with Crippen molar-refractivity contribution in [3.63, 3.8) is 0 Å². The summed E-state index contributed by atoms with van der Waals surface area (Å²) in [7, 11) is 0. The zero-order chi connectivity index (χ0) is 46.3. The van der Waals surface area contributed by atoms with Gasteiger partial charge in [-0.15, -0.1) is 0 Å². The standard InChI is InChI=1S/C44H60BrF2N7O8/c1-26(2)38(52-36(57)22-45)35(56)20-27(3)41(59)51-33(43(61)62)14-10-11-18-49-42(60)32(48)17-19-54(37(58)25-55)39(44(4,5)6)40-50-34(30-21-29(46)15-16-31(30)47)24-53(40)23-28-12-8-7-9-13-28/h7-9,12-13,15-16,21,24,26-27,32-33,38-39,55H,10-11,14,17-20,22-23,25,48H2,1-6H3,(H,49,60)(H,51,59)(H,52,57)(H,61,62)/t27-,32+,33+,38+,39+/m1/s1. The largest absolute Gasteiger partial charge is 0.480 e. The van der Waals surface area contributed by atoms with Crippen molar-refractivity contribution in [1.29, 1.82) is 0 Å². The fourth-order valence-corrected chi connectivity index (χ4v) is 7.17. The molecule has 0 unspecified atom stereocenters. The Kier molecular flexibility index (Phi) is 19.8. The van der Waals surface area contributed by atoms with Gasteiger partial charge in [0.1, 0.15) is 30.1 Å². The van der Waals surface area contributed by atoms with Gasteiger partial charge in [0.15, 0.2) is 5.78 Å². The van der Waals surface area contributed by atoms with Crippen molar-refractivity contribution in [2.75, 3.05) is 25.0 Å². The van der Waals surface area contributed by atoms with Gasteiger partial charge in [-0.3, -0.25) is 24.0 Å². The Morgan fingerprint density at radius 1 is 0.952 bits per heavy atom. The molecule has 0 bridgehead atoms. The molecule has 15 nitrogen and oxygen atoms in total. The SMILES string of the molecule is CC(C)[C@H](NC(=O)CBr)C(=O)C[C@@H](C)C(=O)N[C@@H](CCCCNC(=O)[C@@H](N)CCN(C(=O)CO)[C@@H](c1nc(-c2cc(F)ccc2F)cn1Cc1ccccc1)C(C)(C)C)C(=O)O. The predicted molar refractivity (Wildman–Crippen MR) is 232 cm³/mol. The lowest BCUT2D eigenvalue weighted by molar-refractivity contribution is -0.143. The Bertz CT molecular complexity index is 2010. The predicted octanol–water partition coefficient (Wildman–Crippen LogP) is 4.49. The molecule has 0 fully saturated rings. The van der Waals surface area contributed by atoms with Gasteiger partial charge in [-0.05, 0) is 60.8 Å². The molecule has 5 atom stereocenters. The van der Waals surface area contributed by atoms with Gasteiger partial charge in [-0.1, -0.05) is 87.8 Å². The van der Waals surface area contributed by atoms with Crippen LogP contribution in [-0.2, 0) is 35.3 Å². The van der Waals surface area contributed by atoms with E-state index in [4.69, 9.17) is 10.7 Å². The molecule has 62 heavy (non-hydrogen) atoms.